The van der Waals surface area contributed by atoms with E-state index in [9.17, 15) is 9.18 Å². The number of aryl methyl sites for hydroxylation is 1. The monoisotopic (exact) mass is 252 g/mol. The SMILES string of the molecule is Cc1cc(F)ccc1C(=O)N(C)CC(C)(C)CN. The van der Waals surface area contributed by atoms with E-state index in [4.69, 9.17) is 5.73 Å². The number of nitrogens with zero attached hydrogens (tertiary/aromatic N) is 1. The summed E-state index contributed by atoms with van der Waals surface area (Å²) in [6.45, 7) is 6.83. The Balaban J connectivity index is 2.87. The second-order valence-electron chi connectivity index (χ2n) is 5.49. The third-order valence-corrected chi connectivity index (χ3v) is 2.98. The molecule has 0 bridgehead atoms. The van der Waals surface area contributed by atoms with E-state index in [1.807, 2.05) is 13.8 Å². The molecule has 0 spiro atoms. The van der Waals surface area contributed by atoms with Gasteiger partial charge in [-0.15, -0.1) is 0 Å². The molecule has 100 valence electrons. The van der Waals surface area contributed by atoms with E-state index in [0.29, 0.717) is 24.2 Å². The van der Waals surface area contributed by atoms with Crippen LogP contribution in [-0.4, -0.2) is 30.9 Å². The lowest BCUT2D eigenvalue weighted by Crippen LogP contribution is -2.40. The molecular weight excluding hydrogens is 231 g/mol. The van der Waals surface area contributed by atoms with E-state index in [2.05, 4.69) is 0 Å². The number of carbonyl (C=O) groups excluding carboxylic acids is 1. The van der Waals surface area contributed by atoms with Crippen LogP contribution in [-0.2, 0) is 0 Å². The van der Waals surface area contributed by atoms with Gasteiger partial charge in [0, 0.05) is 19.2 Å². The van der Waals surface area contributed by atoms with Crippen molar-refractivity contribution in [3.63, 3.8) is 0 Å². The number of hydrogen-bond acceptors (Lipinski definition) is 2. The fraction of sp³-hybridized carbons (Fsp3) is 0.500. The van der Waals surface area contributed by atoms with Crippen LogP contribution < -0.4 is 5.73 Å². The van der Waals surface area contributed by atoms with E-state index in [0.717, 1.165) is 0 Å². The summed E-state index contributed by atoms with van der Waals surface area (Å²) in [5.74, 6) is -0.428. The van der Waals surface area contributed by atoms with Gasteiger partial charge in [0.2, 0.25) is 0 Å². The molecule has 0 saturated carbocycles. The fourth-order valence-corrected chi connectivity index (χ4v) is 1.85. The summed E-state index contributed by atoms with van der Waals surface area (Å²) in [7, 11) is 1.74. The van der Waals surface area contributed by atoms with Crippen molar-refractivity contribution < 1.29 is 9.18 Å². The van der Waals surface area contributed by atoms with Gasteiger partial charge >= 0.3 is 0 Å². The lowest BCUT2D eigenvalue weighted by Gasteiger charge is -2.29. The smallest absolute Gasteiger partial charge is 0.253 e. The van der Waals surface area contributed by atoms with Gasteiger partial charge in [-0.2, -0.15) is 0 Å². The normalized spacial score (nSPS) is 11.4. The molecule has 1 rings (SSSR count). The van der Waals surface area contributed by atoms with Crippen molar-refractivity contribution in [3.05, 3.63) is 35.1 Å². The van der Waals surface area contributed by atoms with Gasteiger partial charge in [0.1, 0.15) is 5.82 Å². The number of amides is 1. The average molecular weight is 252 g/mol. The second-order valence-corrected chi connectivity index (χ2v) is 5.49. The van der Waals surface area contributed by atoms with Crippen molar-refractivity contribution in [1.29, 1.82) is 0 Å². The van der Waals surface area contributed by atoms with Crippen LogP contribution in [0.2, 0.25) is 0 Å². The van der Waals surface area contributed by atoms with Crippen LogP contribution >= 0.6 is 0 Å². The summed E-state index contributed by atoms with van der Waals surface area (Å²) in [4.78, 5) is 13.9. The van der Waals surface area contributed by atoms with E-state index < -0.39 is 0 Å². The lowest BCUT2D eigenvalue weighted by molar-refractivity contribution is 0.0740. The molecule has 0 aliphatic heterocycles. The number of carbonyl (C=O) groups is 1. The van der Waals surface area contributed by atoms with Crippen LogP contribution in [0.5, 0.6) is 0 Å². The summed E-state index contributed by atoms with van der Waals surface area (Å²) < 4.78 is 13.0. The molecule has 1 amide bonds. The quantitative estimate of drug-likeness (QED) is 0.893. The standard InChI is InChI=1S/C14H21FN2O/c1-10-7-11(15)5-6-12(10)13(18)17(4)9-14(2,3)8-16/h5-7H,8-9,16H2,1-4H3. The van der Waals surface area contributed by atoms with E-state index in [1.165, 1.54) is 18.2 Å². The highest BCUT2D eigenvalue weighted by atomic mass is 19.1. The molecule has 0 radical (unpaired) electrons. The molecule has 0 fully saturated rings. The first-order valence-corrected chi connectivity index (χ1v) is 5.98. The number of nitrogens with two attached hydrogens (primary N) is 1. The number of halogens is 1. The van der Waals surface area contributed by atoms with Gasteiger partial charge < -0.3 is 10.6 Å². The minimum absolute atomic E-state index is 0.103. The van der Waals surface area contributed by atoms with Crippen molar-refractivity contribution in [2.24, 2.45) is 11.1 Å². The maximum atomic E-state index is 13.0. The van der Waals surface area contributed by atoms with Crippen molar-refractivity contribution >= 4 is 5.91 Å². The van der Waals surface area contributed by atoms with Gasteiger partial charge in [-0.25, -0.2) is 4.39 Å². The number of rotatable bonds is 4. The molecular formula is C14H21FN2O. The molecule has 0 heterocycles. The van der Waals surface area contributed by atoms with Gasteiger partial charge in [0.05, 0.1) is 0 Å². The first-order valence-electron chi connectivity index (χ1n) is 5.98. The van der Waals surface area contributed by atoms with Crippen LogP contribution in [0.15, 0.2) is 18.2 Å². The first kappa shape index (κ1) is 14.6. The zero-order chi connectivity index (χ0) is 13.9. The van der Waals surface area contributed by atoms with Crippen LogP contribution in [0.1, 0.15) is 29.8 Å². The number of hydrogen-bond donors (Lipinski definition) is 1. The highest BCUT2D eigenvalue weighted by Crippen LogP contribution is 2.17. The van der Waals surface area contributed by atoms with Crippen molar-refractivity contribution in [2.45, 2.75) is 20.8 Å². The Bertz CT molecular complexity index is 443. The molecule has 1 aromatic carbocycles. The third-order valence-electron chi connectivity index (χ3n) is 2.98. The third kappa shape index (κ3) is 3.53. The Labute approximate surface area is 108 Å². The van der Waals surface area contributed by atoms with Crippen molar-refractivity contribution in [1.82, 2.24) is 4.90 Å². The minimum Gasteiger partial charge on any atom is -0.341 e. The Morgan fingerprint density at radius 2 is 2.06 bits per heavy atom. The molecule has 3 nitrogen and oxygen atoms in total. The van der Waals surface area contributed by atoms with Gasteiger partial charge in [-0.05, 0) is 42.6 Å². The summed E-state index contributed by atoms with van der Waals surface area (Å²) in [6, 6.07) is 4.20. The molecule has 18 heavy (non-hydrogen) atoms. The lowest BCUT2D eigenvalue weighted by atomic mass is 9.93. The van der Waals surface area contributed by atoms with Crippen LogP contribution in [0.3, 0.4) is 0 Å². The summed E-state index contributed by atoms with van der Waals surface area (Å²) >= 11 is 0. The second kappa shape index (κ2) is 5.48. The van der Waals surface area contributed by atoms with E-state index in [-0.39, 0.29) is 17.1 Å². The molecule has 0 unspecified atom stereocenters. The Morgan fingerprint density at radius 1 is 1.44 bits per heavy atom. The predicted molar refractivity (Wildman–Crippen MR) is 70.9 cm³/mol. The number of benzene rings is 1. The van der Waals surface area contributed by atoms with Crippen molar-refractivity contribution in [2.75, 3.05) is 20.1 Å². The molecule has 0 aliphatic rings. The molecule has 0 saturated heterocycles. The van der Waals surface area contributed by atoms with Crippen LogP contribution in [0.25, 0.3) is 0 Å². The summed E-state index contributed by atoms with van der Waals surface area (Å²) in [5.41, 5.74) is 6.71. The largest absolute Gasteiger partial charge is 0.341 e. The zero-order valence-corrected chi connectivity index (χ0v) is 11.5. The highest BCUT2D eigenvalue weighted by Gasteiger charge is 2.22. The molecule has 0 aliphatic carbocycles. The van der Waals surface area contributed by atoms with Gasteiger partial charge in [0.25, 0.3) is 5.91 Å². The minimum atomic E-state index is -0.325. The van der Waals surface area contributed by atoms with E-state index in [1.54, 1.807) is 18.9 Å². The van der Waals surface area contributed by atoms with Gasteiger partial charge in [0.15, 0.2) is 0 Å². The summed E-state index contributed by atoms with van der Waals surface area (Å²) in [5, 5.41) is 0. The molecule has 2 N–H and O–H groups in total. The molecule has 4 heteroatoms. The summed E-state index contributed by atoms with van der Waals surface area (Å²) in [6.07, 6.45) is 0. The van der Waals surface area contributed by atoms with Crippen molar-refractivity contribution in [3.8, 4) is 0 Å². The van der Waals surface area contributed by atoms with Crippen LogP contribution in [0, 0.1) is 18.2 Å². The predicted octanol–water partition coefficient (Wildman–Crippen LogP) is 2.19. The molecule has 0 aromatic heterocycles. The van der Waals surface area contributed by atoms with Gasteiger partial charge in [-0.1, -0.05) is 13.8 Å². The molecule has 1 aromatic rings. The Morgan fingerprint density at radius 3 is 2.56 bits per heavy atom. The zero-order valence-electron chi connectivity index (χ0n) is 11.5. The highest BCUT2D eigenvalue weighted by molar-refractivity contribution is 5.95. The van der Waals surface area contributed by atoms with Crippen LogP contribution in [0.4, 0.5) is 4.39 Å². The maximum Gasteiger partial charge on any atom is 0.253 e. The van der Waals surface area contributed by atoms with Gasteiger partial charge in [-0.3, -0.25) is 4.79 Å². The topological polar surface area (TPSA) is 46.3 Å². The molecule has 0 atom stereocenters. The average Bonchev–Trinajstić information content (AvgIpc) is 2.27. The Kier molecular flexibility index (Phi) is 4.46. The first-order chi connectivity index (χ1) is 8.26. The Hall–Kier alpha value is -1.42. The fourth-order valence-electron chi connectivity index (χ4n) is 1.85. The van der Waals surface area contributed by atoms with E-state index >= 15 is 0 Å². The maximum absolute atomic E-state index is 13.0.